The van der Waals surface area contributed by atoms with E-state index in [1.165, 1.54) is 0 Å². The Kier molecular flexibility index (Phi) is 1.91. The van der Waals surface area contributed by atoms with E-state index < -0.39 is 5.56 Å². The van der Waals surface area contributed by atoms with Crippen LogP contribution < -0.4 is 5.56 Å². The summed E-state index contributed by atoms with van der Waals surface area (Å²) in [6.07, 6.45) is 0. The smallest absolute Gasteiger partial charge is 0.315 e. The van der Waals surface area contributed by atoms with Gasteiger partial charge in [0.1, 0.15) is 5.52 Å². The third-order valence-electron chi connectivity index (χ3n) is 1.62. The highest BCUT2D eigenvalue weighted by Gasteiger charge is 2.06. The number of halogens is 1. The van der Waals surface area contributed by atoms with Gasteiger partial charge in [-0.05, 0) is 44.8 Å². The third-order valence-corrected chi connectivity index (χ3v) is 2.52. The van der Waals surface area contributed by atoms with Crippen LogP contribution in [0.4, 0.5) is 0 Å². The van der Waals surface area contributed by atoms with E-state index in [4.69, 9.17) is 5.21 Å². The molecular weight excluding hydrogens is 285 g/mol. The molecule has 1 N–H and O–H groups in total. The van der Waals surface area contributed by atoms with E-state index in [-0.39, 0.29) is 4.85 Å². The molecule has 0 atom stereocenters. The number of benzene rings is 1. The van der Waals surface area contributed by atoms with Crippen LogP contribution >= 0.6 is 22.6 Å². The second-order valence-corrected chi connectivity index (χ2v) is 3.58. The molecule has 13 heavy (non-hydrogen) atoms. The summed E-state index contributed by atoms with van der Waals surface area (Å²) in [7, 11) is 0. The van der Waals surface area contributed by atoms with Crippen molar-refractivity contribution >= 4 is 33.5 Å². The highest BCUT2D eigenvalue weighted by molar-refractivity contribution is 14.1. The van der Waals surface area contributed by atoms with Crippen LogP contribution in [0.1, 0.15) is 0 Å². The van der Waals surface area contributed by atoms with Gasteiger partial charge in [-0.2, -0.15) is 0 Å². The van der Waals surface area contributed by atoms with Crippen LogP contribution in [-0.4, -0.2) is 20.4 Å². The molecule has 2 rings (SSSR count). The van der Waals surface area contributed by atoms with Crippen molar-refractivity contribution in [2.45, 2.75) is 0 Å². The topological polar surface area (TPSA) is 68.0 Å². The Balaban J connectivity index is 3.06. The fraction of sp³-hybridized carbons (Fsp3) is 0. The second-order valence-electron chi connectivity index (χ2n) is 2.42. The number of hydrogen-bond acceptors (Lipinski definition) is 4. The maximum atomic E-state index is 11.4. The zero-order valence-electron chi connectivity index (χ0n) is 6.31. The first-order valence-corrected chi connectivity index (χ1v) is 4.51. The van der Waals surface area contributed by atoms with Crippen LogP contribution in [0.2, 0.25) is 0 Å². The average Bonchev–Trinajstić information content (AvgIpc) is 2.12. The largest absolute Gasteiger partial charge is 0.407 e. The summed E-state index contributed by atoms with van der Waals surface area (Å²) in [4.78, 5) is 11.6. The molecule has 0 radical (unpaired) electrons. The van der Waals surface area contributed by atoms with Crippen molar-refractivity contribution in [2.24, 2.45) is 0 Å². The van der Waals surface area contributed by atoms with E-state index in [0.29, 0.717) is 10.9 Å². The van der Waals surface area contributed by atoms with E-state index in [9.17, 15) is 4.79 Å². The van der Waals surface area contributed by atoms with Gasteiger partial charge in [0.15, 0.2) is 0 Å². The lowest BCUT2D eigenvalue weighted by atomic mass is 10.2. The van der Waals surface area contributed by atoms with Gasteiger partial charge in [-0.25, -0.2) is 0 Å². The minimum atomic E-state index is -0.546. The van der Waals surface area contributed by atoms with Crippen LogP contribution in [0.5, 0.6) is 0 Å². The molecule has 0 aliphatic carbocycles. The first-order valence-electron chi connectivity index (χ1n) is 3.43. The molecule has 0 unspecified atom stereocenters. The summed E-state index contributed by atoms with van der Waals surface area (Å²) in [6, 6.07) is 5.22. The van der Waals surface area contributed by atoms with Crippen molar-refractivity contribution in [1.29, 1.82) is 0 Å². The van der Waals surface area contributed by atoms with Crippen molar-refractivity contribution < 1.29 is 5.21 Å². The van der Waals surface area contributed by atoms with Crippen LogP contribution in [0.25, 0.3) is 10.9 Å². The molecule has 0 saturated heterocycles. The molecular formula is C7H4IN3O2. The maximum absolute atomic E-state index is 11.4. The van der Waals surface area contributed by atoms with Crippen LogP contribution in [0.3, 0.4) is 0 Å². The summed E-state index contributed by atoms with van der Waals surface area (Å²) in [5.74, 6) is 0. The van der Waals surface area contributed by atoms with Gasteiger partial charge in [0.05, 0.1) is 5.39 Å². The zero-order valence-corrected chi connectivity index (χ0v) is 8.46. The number of hydrogen-bond donors (Lipinski definition) is 1. The fourth-order valence-electron chi connectivity index (χ4n) is 1.04. The highest BCUT2D eigenvalue weighted by atomic mass is 127. The summed E-state index contributed by atoms with van der Waals surface area (Å²) >= 11 is 2.01. The molecule has 0 fully saturated rings. The third kappa shape index (κ3) is 1.26. The highest BCUT2D eigenvalue weighted by Crippen LogP contribution is 2.13. The Morgan fingerprint density at radius 1 is 1.46 bits per heavy atom. The van der Waals surface area contributed by atoms with E-state index in [2.05, 4.69) is 10.3 Å². The van der Waals surface area contributed by atoms with Gasteiger partial charge in [0, 0.05) is 3.57 Å². The number of rotatable bonds is 0. The van der Waals surface area contributed by atoms with Crippen molar-refractivity contribution in [1.82, 2.24) is 15.2 Å². The fourth-order valence-corrected chi connectivity index (χ4v) is 1.75. The monoisotopic (exact) mass is 289 g/mol. The molecule has 1 aromatic heterocycles. The van der Waals surface area contributed by atoms with Gasteiger partial charge >= 0.3 is 5.56 Å². The molecule has 1 aromatic carbocycles. The predicted octanol–water partition coefficient (Wildman–Crippen LogP) is 0.633. The number of fused-ring (bicyclic) bond motifs is 1. The Hall–Kier alpha value is -1.18. The summed E-state index contributed by atoms with van der Waals surface area (Å²) in [5, 5.41) is 16.3. The minimum Gasteiger partial charge on any atom is -0.407 e. The van der Waals surface area contributed by atoms with Crippen molar-refractivity contribution in [3.8, 4) is 0 Å². The first-order chi connectivity index (χ1) is 6.20. The molecule has 0 aliphatic heterocycles. The number of nitrogens with zero attached hydrogens (tertiary/aromatic N) is 3. The lowest BCUT2D eigenvalue weighted by molar-refractivity contribution is 0.127. The lowest BCUT2D eigenvalue weighted by Crippen LogP contribution is -2.22. The quantitative estimate of drug-likeness (QED) is 0.570. The van der Waals surface area contributed by atoms with Crippen LogP contribution in [0.15, 0.2) is 23.0 Å². The molecule has 2 aromatic rings. The van der Waals surface area contributed by atoms with E-state index in [0.717, 1.165) is 3.57 Å². The Labute approximate surface area is 86.1 Å². The van der Waals surface area contributed by atoms with Crippen molar-refractivity contribution in [3.05, 3.63) is 32.1 Å². The molecule has 0 aliphatic rings. The normalized spacial score (nSPS) is 10.5. The summed E-state index contributed by atoms with van der Waals surface area (Å²) in [5.41, 5.74) is -0.0581. The Bertz CT molecular complexity index is 523. The minimum absolute atomic E-state index is 0.241. The van der Waals surface area contributed by atoms with Crippen LogP contribution in [0, 0.1) is 3.57 Å². The SMILES string of the molecule is O=c1c2c(I)cccc2nnn1O. The van der Waals surface area contributed by atoms with Gasteiger partial charge in [-0.3, -0.25) is 4.79 Å². The Morgan fingerprint density at radius 2 is 2.23 bits per heavy atom. The second kappa shape index (κ2) is 2.95. The first kappa shape index (κ1) is 8.42. The van der Waals surface area contributed by atoms with Crippen molar-refractivity contribution in [2.75, 3.05) is 0 Å². The molecule has 6 heteroatoms. The molecule has 0 bridgehead atoms. The van der Waals surface area contributed by atoms with Gasteiger partial charge in [0.25, 0.3) is 0 Å². The predicted molar refractivity (Wildman–Crippen MR) is 53.7 cm³/mol. The molecule has 1 heterocycles. The summed E-state index contributed by atoms with van der Waals surface area (Å²) in [6.45, 7) is 0. The standard InChI is InChI=1S/C7H4IN3O2/c8-4-2-1-3-5-6(4)7(12)11(13)10-9-5/h1-3,13H. The number of aromatic nitrogens is 3. The van der Waals surface area contributed by atoms with E-state index in [1.807, 2.05) is 22.6 Å². The molecule has 66 valence electrons. The molecule has 0 spiro atoms. The molecule has 0 saturated carbocycles. The zero-order chi connectivity index (χ0) is 9.42. The summed E-state index contributed by atoms with van der Waals surface area (Å²) < 4.78 is 0.748. The average molecular weight is 289 g/mol. The van der Waals surface area contributed by atoms with Gasteiger partial charge in [0.2, 0.25) is 0 Å². The van der Waals surface area contributed by atoms with Crippen LogP contribution in [-0.2, 0) is 0 Å². The van der Waals surface area contributed by atoms with E-state index in [1.54, 1.807) is 18.2 Å². The molecule has 5 nitrogen and oxygen atoms in total. The van der Waals surface area contributed by atoms with Crippen molar-refractivity contribution in [3.63, 3.8) is 0 Å². The molecule has 0 amide bonds. The Morgan fingerprint density at radius 3 is 3.00 bits per heavy atom. The maximum Gasteiger partial charge on any atom is 0.315 e. The van der Waals surface area contributed by atoms with Gasteiger partial charge < -0.3 is 5.21 Å². The van der Waals surface area contributed by atoms with Gasteiger partial charge in [-0.15, -0.1) is 5.10 Å². The van der Waals surface area contributed by atoms with E-state index >= 15 is 0 Å². The van der Waals surface area contributed by atoms with Gasteiger partial charge in [-0.1, -0.05) is 6.07 Å². The lowest BCUT2D eigenvalue weighted by Gasteiger charge is -1.98.